The van der Waals surface area contributed by atoms with Gasteiger partial charge in [-0.1, -0.05) is 30.3 Å². The van der Waals surface area contributed by atoms with Crippen LogP contribution in [0.15, 0.2) is 35.3 Å². The number of carboxylic acids is 2. The summed E-state index contributed by atoms with van der Waals surface area (Å²) >= 11 is 0. The van der Waals surface area contributed by atoms with Gasteiger partial charge in [-0.05, 0) is 24.8 Å². The first-order valence-electron chi connectivity index (χ1n) is 11.8. The highest BCUT2D eigenvalue weighted by molar-refractivity contribution is 5.94. The number of nitrogens with two attached hydrogens (primary N) is 3. The van der Waals surface area contributed by atoms with Gasteiger partial charge in [0.25, 0.3) is 0 Å². The third-order valence-corrected chi connectivity index (χ3v) is 5.30. The number of carboxylic acid groups (broad SMARTS) is 2. The van der Waals surface area contributed by atoms with Crippen molar-refractivity contribution in [1.82, 2.24) is 16.0 Å². The number of nitrogens with one attached hydrogen (secondary N) is 3. The van der Waals surface area contributed by atoms with Crippen molar-refractivity contribution in [3.05, 3.63) is 35.9 Å². The van der Waals surface area contributed by atoms with E-state index >= 15 is 0 Å². The number of rotatable bonds is 17. The van der Waals surface area contributed by atoms with Crippen molar-refractivity contribution in [2.75, 3.05) is 13.2 Å². The fraction of sp³-hybridized carbons (Fsp3) is 0.478. The molecule has 4 atom stereocenters. The van der Waals surface area contributed by atoms with E-state index in [9.17, 15) is 29.1 Å². The smallest absolute Gasteiger partial charge is 0.328 e. The fourth-order valence-electron chi connectivity index (χ4n) is 3.26. The predicted octanol–water partition coefficient (Wildman–Crippen LogP) is -2.99. The Hall–Kier alpha value is -4.24. The van der Waals surface area contributed by atoms with E-state index in [0.29, 0.717) is 12.0 Å². The number of amides is 3. The molecule has 0 fully saturated rings. The van der Waals surface area contributed by atoms with Crippen molar-refractivity contribution < 1.29 is 39.3 Å². The fourth-order valence-corrected chi connectivity index (χ4v) is 3.26. The van der Waals surface area contributed by atoms with E-state index in [2.05, 4.69) is 15.6 Å². The lowest BCUT2D eigenvalue weighted by Gasteiger charge is -2.25. The summed E-state index contributed by atoms with van der Waals surface area (Å²) in [6.45, 7) is -0.669. The standard InChI is InChI=1S/C23H35N7O8/c24-14(7-4-10-27-23(25)26)19(34)29-16(11-13-5-2-1-3-6-13)21(36)28-15(8-9-18(32)33)20(35)30-17(12-31)22(37)38/h1-3,5-6,14-17,31H,4,7-12,24H2,(H,28,36)(H,29,34)(H,30,35)(H,32,33)(H,37,38)(H4,25,26,27). The second kappa shape index (κ2) is 16.5. The molecule has 1 rings (SSSR count). The quantitative estimate of drug-likeness (QED) is 0.0548. The number of aliphatic hydroxyl groups excluding tert-OH is 1. The van der Waals surface area contributed by atoms with E-state index in [1.807, 2.05) is 5.32 Å². The van der Waals surface area contributed by atoms with E-state index in [1.165, 1.54) is 0 Å². The Morgan fingerprint density at radius 1 is 0.842 bits per heavy atom. The highest BCUT2D eigenvalue weighted by Crippen LogP contribution is 2.07. The first kappa shape index (κ1) is 31.8. The third-order valence-electron chi connectivity index (χ3n) is 5.30. The molecule has 3 amide bonds. The Labute approximate surface area is 218 Å². The van der Waals surface area contributed by atoms with Crippen LogP contribution in [0.2, 0.25) is 0 Å². The molecular weight excluding hydrogens is 502 g/mol. The lowest BCUT2D eigenvalue weighted by atomic mass is 10.0. The Morgan fingerprint density at radius 3 is 1.97 bits per heavy atom. The minimum absolute atomic E-state index is 0.0147. The van der Waals surface area contributed by atoms with Crippen LogP contribution in [0.3, 0.4) is 0 Å². The number of carbonyl (C=O) groups is 5. The molecule has 0 spiro atoms. The molecule has 210 valence electrons. The Kier molecular flexibility index (Phi) is 13.8. The molecule has 0 saturated heterocycles. The first-order valence-corrected chi connectivity index (χ1v) is 11.8. The van der Waals surface area contributed by atoms with Crippen molar-refractivity contribution in [2.24, 2.45) is 22.2 Å². The van der Waals surface area contributed by atoms with Gasteiger partial charge in [-0.15, -0.1) is 0 Å². The zero-order valence-electron chi connectivity index (χ0n) is 20.7. The minimum Gasteiger partial charge on any atom is -0.481 e. The van der Waals surface area contributed by atoms with Gasteiger partial charge in [0.1, 0.15) is 18.1 Å². The number of benzene rings is 1. The van der Waals surface area contributed by atoms with Gasteiger partial charge in [-0.2, -0.15) is 0 Å². The normalized spacial score (nSPS) is 13.7. The van der Waals surface area contributed by atoms with Crippen LogP contribution in [0.25, 0.3) is 0 Å². The van der Waals surface area contributed by atoms with E-state index in [4.69, 9.17) is 27.4 Å². The second-order valence-electron chi connectivity index (χ2n) is 8.38. The molecule has 15 nitrogen and oxygen atoms in total. The molecule has 15 heteroatoms. The summed E-state index contributed by atoms with van der Waals surface area (Å²) in [5.41, 5.74) is 17.1. The highest BCUT2D eigenvalue weighted by atomic mass is 16.4. The van der Waals surface area contributed by atoms with Crippen molar-refractivity contribution >= 4 is 35.6 Å². The number of guanidine groups is 1. The van der Waals surface area contributed by atoms with Crippen molar-refractivity contribution in [2.45, 2.75) is 56.3 Å². The SMILES string of the molecule is NC(N)=NCCCC(N)C(=O)NC(Cc1ccccc1)C(=O)NC(CCC(=O)O)C(=O)NC(CO)C(=O)O. The van der Waals surface area contributed by atoms with Gasteiger partial charge in [0.2, 0.25) is 17.7 Å². The van der Waals surface area contributed by atoms with Crippen LogP contribution in [0, 0.1) is 0 Å². The molecule has 0 aliphatic heterocycles. The summed E-state index contributed by atoms with van der Waals surface area (Å²) in [5, 5.41) is 34.3. The maximum Gasteiger partial charge on any atom is 0.328 e. The molecule has 12 N–H and O–H groups in total. The summed E-state index contributed by atoms with van der Waals surface area (Å²) in [4.78, 5) is 64.6. The highest BCUT2D eigenvalue weighted by Gasteiger charge is 2.30. The van der Waals surface area contributed by atoms with Crippen LogP contribution in [0.1, 0.15) is 31.2 Å². The maximum atomic E-state index is 13.2. The number of hydrogen-bond donors (Lipinski definition) is 9. The molecule has 0 aromatic heterocycles. The zero-order valence-corrected chi connectivity index (χ0v) is 20.7. The van der Waals surface area contributed by atoms with Gasteiger partial charge in [0, 0.05) is 19.4 Å². The molecule has 0 aliphatic carbocycles. The third kappa shape index (κ3) is 12.1. The van der Waals surface area contributed by atoms with E-state index < -0.39 is 66.9 Å². The predicted molar refractivity (Wildman–Crippen MR) is 135 cm³/mol. The summed E-state index contributed by atoms with van der Waals surface area (Å²) in [5.74, 6) is -5.36. The molecular formula is C23H35N7O8. The van der Waals surface area contributed by atoms with Crippen LogP contribution in [0.4, 0.5) is 0 Å². The van der Waals surface area contributed by atoms with Crippen LogP contribution in [-0.4, -0.2) is 88.3 Å². The number of aliphatic hydroxyl groups is 1. The Bertz CT molecular complexity index is 985. The number of aliphatic imine (C=N–C) groups is 1. The molecule has 4 unspecified atom stereocenters. The summed E-state index contributed by atoms with van der Waals surface area (Å²) < 4.78 is 0. The molecule has 1 aromatic rings. The van der Waals surface area contributed by atoms with Crippen LogP contribution < -0.4 is 33.2 Å². The van der Waals surface area contributed by atoms with E-state index in [1.54, 1.807) is 30.3 Å². The van der Waals surface area contributed by atoms with Crippen LogP contribution in [0.5, 0.6) is 0 Å². The summed E-state index contributed by atoms with van der Waals surface area (Å²) in [7, 11) is 0. The van der Waals surface area contributed by atoms with Crippen molar-refractivity contribution in [3.63, 3.8) is 0 Å². The zero-order chi connectivity index (χ0) is 28.7. The lowest BCUT2D eigenvalue weighted by Crippen LogP contribution is -2.58. The second-order valence-corrected chi connectivity index (χ2v) is 8.38. The Morgan fingerprint density at radius 2 is 1.42 bits per heavy atom. The van der Waals surface area contributed by atoms with E-state index in [0.717, 1.165) is 0 Å². The summed E-state index contributed by atoms with van der Waals surface area (Å²) in [6.07, 6.45) is -0.272. The molecule has 0 saturated carbocycles. The average molecular weight is 538 g/mol. The number of nitrogens with zero attached hydrogens (tertiary/aromatic N) is 1. The number of hydrogen-bond acceptors (Lipinski definition) is 8. The van der Waals surface area contributed by atoms with Crippen LogP contribution in [-0.2, 0) is 30.4 Å². The van der Waals surface area contributed by atoms with Gasteiger partial charge in [-0.25, -0.2) is 4.79 Å². The topological polar surface area (TPSA) is 273 Å². The van der Waals surface area contributed by atoms with Crippen LogP contribution >= 0.6 is 0 Å². The molecule has 1 aromatic carbocycles. The number of carbonyl (C=O) groups excluding carboxylic acids is 3. The summed E-state index contributed by atoms with van der Waals surface area (Å²) in [6, 6.07) is 3.32. The molecule has 0 heterocycles. The van der Waals surface area contributed by atoms with Gasteiger partial charge in [-0.3, -0.25) is 24.2 Å². The average Bonchev–Trinajstić information content (AvgIpc) is 2.86. The monoisotopic (exact) mass is 537 g/mol. The van der Waals surface area contributed by atoms with Crippen molar-refractivity contribution in [3.8, 4) is 0 Å². The van der Waals surface area contributed by atoms with Gasteiger partial charge in [0.05, 0.1) is 12.6 Å². The van der Waals surface area contributed by atoms with E-state index in [-0.39, 0.29) is 31.8 Å². The van der Waals surface area contributed by atoms with Gasteiger partial charge in [0.15, 0.2) is 5.96 Å². The molecule has 0 radical (unpaired) electrons. The minimum atomic E-state index is -1.66. The molecule has 0 aliphatic rings. The largest absolute Gasteiger partial charge is 0.481 e. The molecule has 38 heavy (non-hydrogen) atoms. The molecule has 0 bridgehead atoms. The van der Waals surface area contributed by atoms with Gasteiger partial charge < -0.3 is 48.5 Å². The number of aliphatic carboxylic acids is 2. The lowest BCUT2D eigenvalue weighted by molar-refractivity contribution is -0.144. The van der Waals surface area contributed by atoms with Crippen molar-refractivity contribution in [1.29, 1.82) is 0 Å². The Balaban J connectivity index is 3.04. The maximum absolute atomic E-state index is 13.2. The van der Waals surface area contributed by atoms with Gasteiger partial charge >= 0.3 is 11.9 Å². The first-order chi connectivity index (χ1) is 17.9.